The summed E-state index contributed by atoms with van der Waals surface area (Å²) < 4.78 is 44.0. The Hall–Kier alpha value is -3.72. The summed E-state index contributed by atoms with van der Waals surface area (Å²) in [4.78, 5) is 11.0. The zero-order chi connectivity index (χ0) is 22.4. The maximum atomic E-state index is 12.7. The molecule has 0 spiro atoms. The molecule has 0 aliphatic carbocycles. The van der Waals surface area contributed by atoms with Crippen LogP contribution in [0, 0.1) is 6.92 Å². The highest BCUT2D eigenvalue weighted by atomic mass is 32.2. The van der Waals surface area contributed by atoms with Gasteiger partial charge in [-0.25, -0.2) is 13.2 Å². The molecule has 3 rings (SSSR count). The Morgan fingerprint density at radius 3 is 2.16 bits per heavy atom. The van der Waals surface area contributed by atoms with Gasteiger partial charge in [-0.05, 0) is 55.5 Å². The third-order valence-electron chi connectivity index (χ3n) is 4.17. The molecule has 8 nitrogen and oxygen atoms in total. The van der Waals surface area contributed by atoms with Crippen molar-refractivity contribution >= 4 is 21.7 Å². The fourth-order valence-electron chi connectivity index (χ4n) is 2.61. The van der Waals surface area contributed by atoms with Crippen molar-refractivity contribution in [2.45, 2.75) is 11.8 Å². The number of carbonyl (C=O) groups is 1. The van der Waals surface area contributed by atoms with Crippen LogP contribution < -0.4 is 18.9 Å². The van der Waals surface area contributed by atoms with Crippen LogP contribution in [-0.4, -0.2) is 33.2 Å². The first-order chi connectivity index (χ1) is 14.8. The summed E-state index contributed by atoms with van der Waals surface area (Å²) in [5.74, 6) is 0.332. The van der Waals surface area contributed by atoms with Crippen molar-refractivity contribution in [3.8, 4) is 23.0 Å². The van der Waals surface area contributed by atoms with Crippen molar-refractivity contribution in [2.24, 2.45) is 0 Å². The molecule has 0 aliphatic rings. The molecule has 31 heavy (non-hydrogen) atoms. The molecule has 0 bridgehead atoms. The van der Waals surface area contributed by atoms with Gasteiger partial charge in [-0.3, -0.25) is 4.72 Å². The zero-order valence-corrected chi connectivity index (χ0v) is 17.7. The van der Waals surface area contributed by atoms with E-state index in [4.69, 9.17) is 19.3 Å². The molecule has 3 aromatic carbocycles. The number of anilines is 1. The summed E-state index contributed by atoms with van der Waals surface area (Å²) in [6.45, 7) is 1.20. The average Bonchev–Trinajstić information content (AvgIpc) is 2.74. The molecule has 0 aliphatic heterocycles. The van der Waals surface area contributed by atoms with Crippen molar-refractivity contribution in [3.05, 3.63) is 72.3 Å². The Bertz CT molecular complexity index is 1160. The predicted octanol–water partition coefficient (Wildman–Crippen LogP) is 4.06. The molecule has 162 valence electrons. The molecule has 0 aromatic heterocycles. The molecule has 0 radical (unpaired) electrons. The molecule has 0 amide bonds. The van der Waals surface area contributed by atoms with Crippen molar-refractivity contribution in [2.75, 3.05) is 18.4 Å². The number of rotatable bonds is 9. The lowest BCUT2D eigenvalue weighted by Gasteiger charge is -2.15. The Balaban J connectivity index is 1.87. The van der Waals surface area contributed by atoms with E-state index in [0.717, 1.165) is 5.56 Å². The highest BCUT2D eigenvalue weighted by Gasteiger charge is 2.18. The maximum absolute atomic E-state index is 12.7. The first-order valence-corrected chi connectivity index (χ1v) is 10.7. The van der Waals surface area contributed by atoms with Gasteiger partial charge in [0.15, 0.2) is 6.61 Å². The number of nitrogens with one attached hydrogen (secondary N) is 1. The molecule has 2 N–H and O–H groups in total. The van der Waals surface area contributed by atoms with Crippen LogP contribution in [-0.2, 0) is 14.8 Å². The van der Waals surface area contributed by atoms with E-state index in [-0.39, 0.29) is 16.3 Å². The van der Waals surface area contributed by atoms with Gasteiger partial charge >= 0.3 is 5.97 Å². The van der Waals surface area contributed by atoms with Gasteiger partial charge in [-0.2, -0.15) is 0 Å². The van der Waals surface area contributed by atoms with Crippen molar-refractivity contribution in [1.82, 2.24) is 0 Å². The normalized spacial score (nSPS) is 10.9. The molecule has 0 saturated heterocycles. The van der Waals surface area contributed by atoms with Crippen LogP contribution in [0.25, 0.3) is 0 Å². The van der Waals surface area contributed by atoms with E-state index in [0.29, 0.717) is 17.2 Å². The standard InChI is InChI=1S/C22H21NO7S/c1-15-3-10-19(11-4-15)31(26,27)23-20-12-9-18(13-21(20)29-14-22(24)25)30-17-7-5-16(28-2)6-8-17/h3-13,23H,14H2,1-2H3,(H,24,25). The lowest BCUT2D eigenvalue weighted by molar-refractivity contribution is -0.139. The van der Waals surface area contributed by atoms with Crippen LogP contribution in [0.2, 0.25) is 0 Å². The third-order valence-corrected chi connectivity index (χ3v) is 5.56. The van der Waals surface area contributed by atoms with Crippen LogP contribution in [0.3, 0.4) is 0 Å². The topological polar surface area (TPSA) is 111 Å². The number of aliphatic carboxylic acids is 1. The summed E-state index contributed by atoms with van der Waals surface area (Å²) in [5.41, 5.74) is 1.01. The highest BCUT2D eigenvalue weighted by molar-refractivity contribution is 7.92. The molecule has 3 aromatic rings. The molecule has 9 heteroatoms. The third kappa shape index (κ3) is 5.89. The highest BCUT2D eigenvalue weighted by Crippen LogP contribution is 2.34. The molecule has 0 atom stereocenters. The summed E-state index contributed by atoms with van der Waals surface area (Å²) in [6.07, 6.45) is 0. The van der Waals surface area contributed by atoms with E-state index in [1.807, 2.05) is 6.92 Å². The summed E-state index contributed by atoms with van der Waals surface area (Å²) >= 11 is 0. The molecular formula is C22H21NO7S. The second-order valence-electron chi connectivity index (χ2n) is 6.54. The Kier molecular flexibility index (Phi) is 6.66. The Morgan fingerprint density at radius 2 is 1.55 bits per heavy atom. The number of ether oxygens (including phenoxy) is 3. The number of sulfonamides is 1. The summed E-state index contributed by atoms with van der Waals surface area (Å²) in [7, 11) is -2.35. The smallest absolute Gasteiger partial charge is 0.341 e. The SMILES string of the molecule is COc1ccc(Oc2ccc(NS(=O)(=O)c3ccc(C)cc3)c(OCC(=O)O)c2)cc1. The zero-order valence-electron chi connectivity index (χ0n) is 16.9. The van der Waals surface area contributed by atoms with Gasteiger partial charge in [-0.1, -0.05) is 17.7 Å². The van der Waals surface area contributed by atoms with Crippen LogP contribution in [0.1, 0.15) is 5.56 Å². The van der Waals surface area contributed by atoms with Crippen LogP contribution in [0.4, 0.5) is 5.69 Å². The van der Waals surface area contributed by atoms with Gasteiger partial charge in [0.25, 0.3) is 10.0 Å². The van der Waals surface area contributed by atoms with E-state index >= 15 is 0 Å². The number of carboxylic acids is 1. The first kappa shape index (κ1) is 22.0. The first-order valence-electron chi connectivity index (χ1n) is 9.17. The minimum atomic E-state index is -3.90. The fraction of sp³-hybridized carbons (Fsp3) is 0.136. The molecule has 0 unspecified atom stereocenters. The minimum absolute atomic E-state index is 0.0177. The lowest BCUT2D eigenvalue weighted by atomic mass is 10.2. The number of carboxylic acid groups (broad SMARTS) is 1. The monoisotopic (exact) mass is 443 g/mol. The van der Waals surface area contributed by atoms with Gasteiger partial charge < -0.3 is 19.3 Å². The quantitative estimate of drug-likeness (QED) is 0.513. The van der Waals surface area contributed by atoms with Crippen molar-refractivity contribution < 1.29 is 32.5 Å². The van der Waals surface area contributed by atoms with E-state index in [1.54, 1.807) is 49.6 Å². The second kappa shape index (κ2) is 9.40. The number of methoxy groups -OCH3 is 1. The average molecular weight is 443 g/mol. The number of hydrogen-bond acceptors (Lipinski definition) is 6. The molecule has 0 saturated carbocycles. The number of hydrogen-bond donors (Lipinski definition) is 2. The largest absolute Gasteiger partial charge is 0.497 e. The number of benzene rings is 3. The Labute approximate surface area is 180 Å². The van der Waals surface area contributed by atoms with Gasteiger partial charge in [-0.15, -0.1) is 0 Å². The molecular weight excluding hydrogens is 422 g/mol. The number of aryl methyl sites for hydroxylation is 1. The minimum Gasteiger partial charge on any atom is -0.497 e. The molecule has 0 heterocycles. The van der Waals surface area contributed by atoms with E-state index in [9.17, 15) is 13.2 Å². The lowest BCUT2D eigenvalue weighted by Crippen LogP contribution is -2.15. The van der Waals surface area contributed by atoms with Crippen LogP contribution in [0.5, 0.6) is 23.0 Å². The van der Waals surface area contributed by atoms with Crippen molar-refractivity contribution in [3.63, 3.8) is 0 Å². The predicted molar refractivity (Wildman–Crippen MR) is 115 cm³/mol. The summed E-state index contributed by atoms with van der Waals surface area (Å²) in [6, 6.07) is 17.6. The summed E-state index contributed by atoms with van der Waals surface area (Å²) in [5, 5.41) is 8.95. The molecule has 0 fully saturated rings. The fourth-order valence-corrected chi connectivity index (χ4v) is 3.68. The van der Waals surface area contributed by atoms with E-state index in [1.165, 1.54) is 24.3 Å². The maximum Gasteiger partial charge on any atom is 0.341 e. The van der Waals surface area contributed by atoms with Gasteiger partial charge in [0, 0.05) is 6.07 Å². The van der Waals surface area contributed by atoms with E-state index in [2.05, 4.69) is 4.72 Å². The van der Waals surface area contributed by atoms with Crippen LogP contribution >= 0.6 is 0 Å². The van der Waals surface area contributed by atoms with Crippen LogP contribution in [0.15, 0.2) is 71.6 Å². The Morgan fingerprint density at radius 1 is 0.935 bits per heavy atom. The van der Waals surface area contributed by atoms with Gasteiger partial charge in [0.1, 0.15) is 23.0 Å². The van der Waals surface area contributed by atoms with E-state index < -0.39 is 22.6 Å². The van der Waals surface area contributed by atoms with Gasteiger partial charge in [0.2, 0.25) is 0 Å². The van der Waals surface area contributed by atoms with Crippen molar-refractivity contribution in [1.29, 1.82) is 0 Å². The second-order valence-corrected chi connectivity index (χ2v) is 8.22. The van der Waals surface area contributed by atoms with Gasteiger partial charge in [0.05, 0.1) is 17.7 Å².